The molecule has 9 nitrogen and oxygen atoms in total. The lowest BCUT2D eigenvalue weighted by molar-refractivity contribution is -0.423. The molecule has 0 radical (unpaired) electrons. The van der Waals surface area contributed by atoms with Gasteiger partial charge in [-0.25, -0.2) is 4.79 Å². The standard InChI is InChI=1S/C10H19NO8/c1-17-9(16)4(11)3-18-10-8(15)7(14)6(13)5(2-12)19-10/h4-8,10,12-15H,2-3,11H2,1H3/p+1/t4-,5+,6+,7-,8+,10-/m0/s1. The third-order valence-electron chi connectivity index (χ3n) is 2.84. The van der Waals surface area contributed by atoms with Crippen LogP contribution < -0.4 is 5.73 Å². The molecular weight excluding hydrogens is 262 g/mol. The molecule has 0 bridgehead atoms. The Morgan fingerprint density at radius 2 is 1.95 bits per heavy atom. The molecule has 1 aliphatic rings. The van der Waals surface area contributed by atoms with Crippen molar-refractivity contribution in [3.05, 3.63) is 0 Å². The summed E-state index contributed by atoms with van der Waals surface area (Å²) in [5.74, 6) is -0.593. The number of hydrogen-bond donors (Lipinski definition) is 5. The lowest BCUT2D eigenvalue weighted by atomic mass is 9.99. The molecule has 1 fully saturated rings. The molecule has 112 valence electrons. The minimum Gasteiger partial charge on any atom is -0.465 e. The van der Waals surface area contributed by atoms with E-state index >= 15 is 0 Å². The van der Waals surface area contributed by atoms with Crippen molar-refractivity contribution >= 4 is 5.97 Å². The first-order chi connectivity index (χ1) is 8.92. The fourth-order valence-corrected chi connectivity index (χ4v) is 1.65. The zero-order valence-electron chi connectivity index (χ0n) is 10.5. The molecular formula is C10H20NO8+. The molecule has 1 saturated heterocycles. The first kappa shape index (κ1) is 16.2. The van der Waals surface area contributed by atoms with Crippen molar-refractivity contribution in [1.82, 2.24) is 0 Å². The van der Waals surface area contributed by atoms with Crippen LogP contribution in [-0.2, 0) is 19.0 Å². The van der Waals surface area contributed by atoms with Crippen LogP contribution in [0.1, 0.15) is 0 Å². The molecule has 1 heterocycles. The lowest BCUT2D eigenvalue weighted by Crippen LogP contribution is -2.68. The first-order valence-electron chi connectivity index (χ1n) is 5.75. The van der Waals surface area contributed by atoms with Crippen molar-refractivity contribution in [2.24, 2.45) is 0 Å². The van der Waals surface area contributed by atoms with Gasteiger partial charge in [-0.3, -0.25) is 0 Å². The van der Waals surface area contributed by atoms with Crippen LogP contribution in [-0.4, -0.2) is 83.5 Å². The molecule has 0 aromatic rings. The van der Waals surface area contributed by atoms with Crippen LogP contribution in [0.15, 0.2) is 0 Å². The van der Waals surface area contributed by atoms with Crippen LogP contribution in [0.2, 0.25) is 0 Å². The monoisotopic (exact) mass is 282 g/mol. The van der Waals surface area contributed by atoms with Gasteiger partial charge in [0.1, 0.15) is 31.0 Å². The van der Waals surface area contributed by atoms with E-state index in [-0.39, 0.29) is 6.61 Å². The van der Waals surface area contributed by atoms with Crippen LogP contribution in [0.3, 0.4) is 0 Å². The van der Waals surface area contributed by atoms with Gasteiger partial charge in [-0.1, -0.05) is 0 Å². The maximum absolute atomic E-state index is 11.1. The van der Waals surface area contributed by atoms with E-state index in [4.69, 9.17) is 14.6 Å². The summed E-state index contributed by atoms with van der Waals surface area (Å²) >= 11 is 0. The van der Waals surface area contributed by atoms with Crippen molar-refractivity contribution in [3.63, 3.8) is 0 Å². The number of aliphatic hydroxyl groups excluding tert-OH is 4. The number of hydrogen-bond acceptors (Lipinski definition) is 8. The van der Waals surface area contributed by atoms with Crippen LogP contribution in [0.4, 0.5) is 0 Å². The zero-order chi connectivity index (χ0) is 14.6. The fourth-order valence-electron chi connectivity index (χ4n) is 1.65. The highest BCUT2D eigenvalue weighted by atomic mass is 16.7. The normalized spacial score (nSPS) is 36.8. The molecule has 0 spiro atoms. The molecule has 0 aliphatic carbocycles. The molecule has 0 aromatic heterocycles. The van der Waals surface area contributed by atoms with E-state index in [1.54, 1.807) is 0 Å². The van der Waals surface area contributed by atoms with Crippen LogP contribution in [0.5, 0.6) is 0 Å². The highest BCUT2D eigenvalue weighted by Crippen LogP contribution is 2.21. The van der Waals surface area contributed by atoms with Gasteiger partial charge >= 0.3 is 5.97 Å². The summed E-state index contributed by atoms with van der Waals surface area (Å²) in [7, 11) is 1.20. The van der Waals surface area contributed by atoms with E-state index in [0.29, 0.717) is 0 Å². The number of methoxy groups -OCH3 is 1. The van der Waals surface area contributed by atoms with Gasteiger partial charge in [0, 0.05) is 0 Å². The number of esters is 1. The minimum atomic E-state index is -1.52. The maximum Gasteiger partial charge on any atom is 0.366 e. The van der Waals surface area contributed by atoms with Crippen molar-refractivity contribution in [3.8, 4) is 0 Å². The molecule has 6 atom stereocenters. The molecule has 0 aromatic carbocycles. The Bertz CT molecular complexity index is 299. The molecule has 0 unspecified atom stereocenters. The second-order valence-corrected chi connectivity index (χ2v) is 4.25. The van der Waals surface area contributed by atoms with Crippen molar-refractivity contribution < 1.29 is 45.2 Å². The molecule has 0 amide bonds. The Morgan fingerprint density at radius 3 is 2.47 bits per heavy atom. The summed E-state index contributed by atoms with van der Waals surface area (Å²) in [6, 6.07) is -0.822. The zero-order valence-corrected chi connectivity index (χ0v) is 10.5. The summed E-state index contributed by atoms with van der Waals surface area (Å²) in [6.45, 7) is -0.745. The van der Waals surface area contributed by atoms with Crippen molar-refractivity contribution in [2.75, 3.05) is 20.3 Å². The van der Waals surface area contributed by atoms with E-state index in [0.717, 1.165) is 0 Å². The average Bonchev–Trinajstić information content (AvgIpc) is 2.42. The lowest BCUT2D eigenvalue weighted by Gasteiger charge is -2.39. The third kappa shape index (κ3) is 3.83. The Labute approximate surface area is 109 Å². The van der Waals surface area contributed by atoms with Gasteiger partial charge in [-0.2, -0.15) is 0 Å². The smallest absolute Gasteiger partial charge is 0.366 e. The van der Waals surface area contributed by atoms with E-state index in [2.05, 4.69) is 10.5 Å². The number of quaternary nitrogens is 1. The summed E-state index contributed by atoms with van der Waals surface area (Å²) in [5, 5.41) is 37.7. The molecule has 0 saturated carbocycles. The minimum absolute atomic E-state index is 0.199. The quantitative estimate of drug-likeness (QED) is 0.317. The van der Waals surface area contributed by atoms with Crippen LogP contribution in [0.25, 0.3) is 0 Å². The topological polar surface area (TPSA) is 153 Å². The maximum atomic E-state index is 11.1. The summed E-state index contributed by atoms with van der Waals surface area (Å²) < 4.78 is 14.6. The number of aliphatic hydroxyl groups is 4. The Hall–Kier alpha value is -0.810. The number of rotatable bonds is 5. The summed E-state index contributed by atoms with van der Waals surface area (Å²) in [4.78, 5) is 11.1. The Balaban J connectivity index is 2.55. The fraction of sp³-hybridized carbons (Fsp3) is 0.900. The predicted octanol–water partition coefficient (Wildman–Crippen LogP) is -4.41. The SMILES string of the molecule is COC(=O)[C@@H]([NH3+])CO[C@H]1O[C@H](CO)[C@@H](O)[C@H](O)[C@H]1O. The molecule has 19 heavy (non-hydrogen) atoms. The highest BCUT2D eigenvalue weighted by molar-refractivity contribution is 5.73. The van der Waals surface area contributed by atoms with Gasteiger partial charge in [0.25, 0.3) is 0 Å². The Kier molecular flexibility index (Phi) is 6.07. The molecule has 1 rings (SSSR count). The second-order valence-electron chi connectivity index (χ2n) is 4.25. The van der Waals surface area contributed by atoms with Gasteiger partial charge in [-0.15, -0.1) is 0 Å². The number of ether oxygens (including phenoxy) is 3. The van der Waals surface area contributed by atoms with Gasteiger partial charge in [0.15, 0.2) is 6.29 Å². The highest BCUT2D eigenvalue weighted by Gasteiger charge is 2.44. The van der Waals surface area contributed by atoms with Crippen LogP contribution >= 0.6 is 0 Å². The van der Waals surface area contributed by atoms with E-state index in [1.165, 1.54) is 7.11 Å². The average molecular weight is 282 g/mol. The van der Waals surface area contributed by atoms with Gasteiger partial charge < -0.3 is 40.4 Å². The largest absolute Gasteiger partial charge is 0.465 e. The molecule has 1 aliphatic heterocycles. The summed E-state index contributed by atoms with van der Waals surface area (Å²) in [5.41, 5.74) is 3.49. The first-order valence-corrected chi connectivity index (χ1v) is 5.75. The van der Waals surface area contributed by atoms with Crippen molar-refractivity contribution in [2.45, 2.75) is 36.7 Å². The van der Waals surface area contributed by atoms with E-state index < -0.39 is 49.3 Å². The van der Waals surface area contributed by atoms with Gasteiger partial charge in [0.05, 0.1) is 13.7 Å². The number of carbonyl (C=O) groups is 1. The van der Waals surface area contributed by atoms with Gasteiger partial charge in [-0.05, 0) is 0 Å². The predicted molar refractivity (Wildman–Crippen MR) is 58.4 cm³/mol. The summed E-state index contributed by atoms with van der Waals surface area (Å²) in [6.07, 6.45) is -6.79. The third-order valence-corrected chi connectivity index (χ3v) is 2.84. The molecule has 7 N–H and O–H groups in total. The van der Waals surface area contributed by atoms with E-state index in [1.807, 2.05) is 0 Å². The number of carbonyl (C=O) groups excluding carboxylic acids is 1. The van der Waals surface area contributed by atoms with E-state index in [9.17, 15) is 20.1 Å². The molecule has 9 heteroatoms. The van der Waals surface area contributed by atoms with Crippen molar-refractivity contribution in [1.29, 1.82) is 0 Å². The van der Waals surface area contributed by atoms with Crippen LogP contribution in [0, 0.1) is 0 Å². The Morgan fingerprint density at radius 1 is 1.32 bits per heavy atom. The van der Waals surface area contributed by atoms with Gasteiger partial charge in [0.2, 0.25) is 6.04 Å². The second kappa shape index (κ2) is 7.10.